The second-order valence-corrected chi connectivity index (χ2v) is 6.14. The van der Waals surface area contributed by atoms with E-state index in [-0.39, 0.29) is 10.6 Å². The molecule has 0 unspecified atom stereocenters. The van der Waals surface area contributed by atoms with E-state index in [1.165, 1.54) is 18.2 Å². The van der Waals surface area contributed by atoms with Gasteiger partial charge >= 0.3 is 0 Å². The highest BCUT2D eigenvalue weighted by molar-refractivity contribution is 7.92. The average molecular weight is 300 g/mol. The summed E-state index contributed by atoms with van der Waals surface area (Å²) in [6.45, 7) is 1.84. The molecule has 0 atom stereocenters. The van der Waals surface area contributed by atoms with Crippen molar-refractivity contribution in [3.63, 3.8) is 0 Å². The molecule has 0 heterocycles. The summed E-state index contributed by atoms with van der Waals surface area (Å²) in [6, 6.07) is 9.71. The summed E-state index contributed by atoms with van der Waals surface area (Å²) in [6.07, 6.45) is 0. The van der Waals surface area contributed by atoms with Crippen LogP contribution in [0.15, 0.2) is 47.4 Å². The van der Waals surface area contributed by atoms with Crippen LogP contribution in [0.2, 0.25) is 5.02 Å². The van der Waals surface area contributed by atoms with Crippen LogP contribution in [-0.2, 0) is 10.0 Å². The van der Waals surface area contributed by atoms with Crippen molar-refractivity contribution in [1.82, 2.24) is 0 Å². The van der Waals surface area contributed by atoms with Crippen LogP contribution >= 0.6 is 11.6 Å². The highest BCUT2D eigenvalue weighted by atomic mass is 35.5. The molecule has 6 heteroatoms. The van der Waals surface area contributed by atoms with E-state index in [0.717, 1.165) is 11.6 Å². The number of aryl methyl sites for hydroxylation is 1. The largest absolute Gasteiger partial charge is 0.278 e. The van der Waals surface area contributed by atoms with Gasteiger partial charge in [0.2, 0.25) is 0 Å². The van der Waals surface area contributed by atoms with Crippen molar-refractivity contribution in [2.75, 3.05) is 4.72 Å². The van der Waals surface area contributed by atoms with E-state index in [9.17, 15) is 12.8 Å². The van der Waals surface area contributed by atoms with Gasteiger partial charge in [0, 0.05) is 0 Å². The Bertz CT molecular complexity index is 716. The maximum Gasteiger partial charge on any atom is 0.262 e. The van der Waals surface area contributed by atoms with Crippen molar-refractivity contribution in [3.8, 4) is 0 Å². The summed E-state index contributed by atoms with van der Waals surface area (Å²) in [5, 5.41) is 0.292. The molecule has 0 bridgehead atoms. The zero-order chi connectivity index (χ0) is 14.0. The second-order valence-electron chi connectivity index (χ2n) is 4.05. The van der Waals surface area contributed by atoms with Crippen LogP contribution in [0.3, 0.4) is 0 Å². The lowest BCUT2D eigenvalue weighted by Gasteiger charge is -2.10. The third kappa shape index (κ3) is 3.24. The Hall–Kier alpha value is -1.59. The third-order valence-corrected chi connectivity index (χ3v) is 4.15. The normalized spacial score (nSPS) is 11.3. The molecule has 0 saturated carbocycles. The van der Waals surface area contributed by atoms with E-state index in [1.807, 2.05) is 6.92 Å². The Morgan fingerprint density at radius 1 is 1.16 bits per heavy atom. The van der Waals surface area contributed by atoms with Crippen molar-refractivity contribution in [2.45, 2.75) is 11.8 Å². The predicted molar refractivity (Wildman–Crippen MR) is 73.4 cm³/mol. The number of hydrogen-bond acceptors (Lipinski definition) is 2. The molecule has 0 amide bonds. The first-order valence-corrected chi connectivity index (χ1v) is 7.29. The lowest BCUT2D eigenvalue weighted by atomic mass is 10.2. The van der Waals surface area contributed by atoms with Crippen molar-refractivity contribution >= 4 is 27.3 Å². The van der Waals surface area contributed by atoms with E-state index >= 15 is 0 Å². The number of halogens is 2. The van der Waals surface area contributed by atoms with Crippen LogP contribution in [0.25, 0.3) is 0 Å². The van der Waals surface area contributed by atoms with Crippen LogP contribution in [-0.4, -0.2) is 8.42 Å². The molecule has 1 N–H and O–H groups in total. The third-order valence-electron chi connectivity index (χ3n) is 2.48. The first kappa shape index (κ1) is 13.8. The molecule has 0 saturated heterocycles. The van der Waals surface area contributed by atoms with Gasteiger partial charge in [-0.05, 0) is 42.8 Å². The van der Waals surface area contributed by atoms with E-state index in [2.05, 4.69) is 4.72 Å². The predicted octanol–water partition coefficient (Wildman–Crippen LogP) is 3.59. The lowest BCUT2D eigenvalue weighted by molar-refractivity contribution is 0.595. The molecule has 19 heavy (non-hydrogen) atoms. The molecule has 2 aromatic rings. The number of nitrogens with one attached hydrogen (secondary N) is 1. The van der Waals surface area contributed by atoms with E-state index < -0.39 is 15.8 Å². The summed E-state index contributed by atoms with van der Waals surface area (Å²) < 4.78 is 39.5. The highest BCUT2D eigenvalue weighted by Gasteiger charge is 2.16. The second kappa shape index (κ2) is 5.19. The Morgan fingerprint density at radius 2 is 1.89 bits per heavy atom. The van der Waals surface area contributed by atoms with Gasteiger partial charge in [-0.2, -0.15) is 0 Å². The van der Waals surface area contributed by atoms with Crippen molar-refractivity contribution < 1.29 is 12.8 Å². The van der Waals surface area contributed by atoms with E-state index in [1.54, 1.807) is 18.2 Å². The Labute approximate surface area is 116 Å². The van der Waals surface area contributed by atoms with Crippen molar-refractivity contribution in [3.05, 3.63) is 58.9 Å². The van der Waals surface area contributed by atoms with Gasteiger partial charge in [-0.25, -0.2) is 12.8 Å². The Balaban J connectivity index is 2.36. The summed E-state index contributed by atoms with van der Waals surface area (Å²) in [7, 11) is -3.85. The Morgan fingerprint density at radius 3 is 2.53 bits per heavy atom. The topological polar surface area (TPSA) is 46.2 Å². The van der Waals surface area contributed by atoms with Gasteiger partial charge in [-0.15, -0.1) is 0 Å². The van der Waals surface area contributed by atoms with Gasteiger partial charge in [0.1, 0.15) is 5.82 Å². The fourth-order valence-electron chi connectivity index (χ4n) is 1.54. The monoisotopic (exact) mass is 299 g/mol. The quantitative estimate of drug-likeness (QED) is 0.941. The molecule has 0 aliphatic carbocycles. The fraction of sp³-hybridized carbons (Fsp3) is 0.0769. The SMILES string of the molecule is Cc1ccc(NS(=O)(=O)c2cccc(F)c2)c(Cl)c1. The summed E-state index contributed by atoms with van der Waals surface area (Å²) in [5.74, 6) is -0.613. The molecule has 2 rings (SSSR count). The zero-order valence-electron chi connectivity index (χ0n) is 10.0. The molecule has 0 fully saturated rings. The van der Waals surface area contributed by atoms with Crippen molar-refractivity contribution in [1.29, 1.82) is 0 Å². The molecule has 0 aliphatic heterocycles. The van der Waals surface area contributed by atoms with E-state index in [4.69, 9.17) is 11.6 Å². The molecule has 0 aromatic heterocycles. The van der Waals surface area contributed by atoms with Crippen LogP contribution in [0, 0.1) is 12.7 Å². The molecule has 0 spiro atoms. The van der Waals surface area contributed by atoms with Gasteiger partial charge in [0.25, 0.3) is 10.0 Å². The fourth-order valence-corrected chi connectivity index (χ4v) is 2.99. The lowest BCUT2D eigenvalue weighted by Crippen LogP contribution is -2.13. The maximum atomic E-state index is 13.1. The minimum Gasteiger partial charge on any atom is -0.278 e. The molecule has 0 radical (unpaired) electrons. The van der Waals surface area contributed by atoms with Crippen LogP contribution in [0.1, 0.15) is 5.56 Å². The summed E-state index contributed by atoms with van der Waals surface area (Å²) in [4.78, 5) is -0.149. The standard InChI is InChI=1S/C13H11ClFNO2S/c1-9-5-6-13(12(14)7-9)16-19(17,18)11-4-2-3-10(15)8-11/h2-8,16H,1H3. The van der Waals surface area contributed by atoms with Crippen LogP contribution in [0.5, 0.6) is 0 Å². The molecular weight excluding hydrogens is 289 g/mol. The molecule has 3 nitrogen and oxygen atoms in total. The average Bonchev–Trinajstić information content (AvgIpc) is 2.33. The van der Waals surface area contributed by atoms with Gasteiger partial charge in [0.05, 0.1) is 15.6 Å². The van der Waals surface area contributed by atoms with Gasteiger partial charge in [-0.1, -0.05) is 23.7 Å². The number of benzene rings is 2. The number of hydrogen-bond donors (Lipinski definition) is 1. The first-order valence-electron chi connectivity index (χ1n) is 5.43. The molecular formula is C13H11ClFNO2S. The van der Waals surface area contributed by atoms with Gasteiger partial charge in [0.15, 0.2) is 0 Å². The Kier molecular flexibility index (Phi) is 3.78. The summed E-state index contributed by atoms with van der Waals surface area (Å²) >= 11 is 5.95. The zero-order valence-corrected chi connectivity index (χ0v) is 11.6. The van der Waals surface area contributed by atoms with Crippen molar-refractivity contribution in [2.24, 2.45) is 0 Å². The van der Waals surface area contributed by atoms with Crippen LogP contribution in [0.4, 0.5) is 10.1 Å². The van der Waals surface area contributed by atoms with E-state index in [0.29, 0.717) is 5.02 Å². The highest BCUT2D eigenvalue weighted by Crippen LogP contribution is 2.25. The minimum atomic E-state index is -3.85. The molecule has 0 aliphatic rings. The first-order chi connectivity index (χ1) is 8.88. The van der Waals surface area contributed by atoms with Gasteiger partial charge in [-0.3, -0.25) is 4.72 Å². The molecule has 100 valence electrons. The number of rotatable bonds is 3. The van der Waals surface area contributed by atoms with Crippen LogP contribution < -0.4 is 4.72 Å². The van der Waals surface area contributed by atoms with Gasteiger partial charge < -0.3 is 0 Å². The summed E-state index contributed by atoms with van der Waals surface area (Å²) in [5.41, 5.74) is 1.18. The number of anilines is 1. The molecule has 2 aromatic carbocycles. The smallest absolute Gasteiger partial charge is 0.262 e. The minimum absolute atomic E-state index is 0.149. The number of sulfonamides is 1. The maximum absolute atomic E-state index is 13.1.